The van der Waals surface area contributed by atoms with Crippen LogP contribution in [0.3, 0.4) is 0 Å². The maximum atomic E-state index is 13.8. The van der Waals surface area contributed by atoms with Gasteiger partial charge in [-0.3, -0.25) is 9.59 Å². The van der Waals surface area contributed by atoms with Gasteiger partial charge in [-0.2, -0.15) is 0 Å². The van der Waals surface area contributed by atoms with Crippen LogP contribution in [0.5, 0.6) is 5.75 Å². The molecule has 3 aromatic rings. The van der Waals surface area contributed by atoms with Crippen molar-refractivity contribution in [2.75, 3.05) is 38.1 Å². The van der Waals surface area contributed by atoms with E-state index in [0.29, 0.717) is 54.6 Å². The van der Waals surface area contributed by atoms with Crippen LogP contribution in [-0.2, 0) is 4.79 Å². The van der Waals surface area contributed by atoms with Crippen LogP contribution >= 0.6 is 23.2 Å². The number of ether oxygens (including phenoxy) is 1. The van der Waals surface area contributed by atoms with Gasteiger partial charge in [-0.15, -0.1) is 0 Å². The fourth-order valence-electron chi connectivity index (χ4n) is 5.64. The predicted molar refractivity (Wildman–Crippen MR) is 159 cm³/mol. The van der Waals surface area contributed by atoms with Gasteiger partial charge in [0.2, 0.25) is 5.91 Å². The fraction of sp³-hybridized carbons (Fsp3) is 0.355. The number of benzene rings is 2. The van der Waals surface area contributed by atoms with Crippen molar-refractivity contribution in [1.82, 2.24) is 14.8 Å². The van der Waals surface area contributed by atoms with Gasteiger partial charge >= 0.3 is 6.09 Å². The van der Waals surface area contributed by atoms with E-state index in [4.69, 9.17) is 27.9 Å². The molecule has 5 rings (SSSR count). The normalized spacial score (nSPS) is 19.1. The zero-order chi connectivity index (χ0) is 30.0. The van der Waals surface area contributed by atoms with E-state index < -0.39 is 11.9 Å². The Kier molecular flexibility index (Phi) is 8.99. The third-order valence-corrected chi connectivity index (χ3v) is 8.84. The number of carbonyl (C=O) groups is 3. The van der Waals surface area contributed by atoms with Crippen molar-refractivity contribution in [2.24, 2.45) is 5.92 Å². The number of piperidine rings is 1. The fourth-order valence-corrected chi connectivity index (χ4v) is 5.94. The molecule has 42 heavy (non-hydrogen) atoms. The zero-order valence-corrected chi connectivity index (χ0v) is 24.8. The molecule has 2 atom stereocenters. The van der Waals surface area contributed by atoms with E-state index in [0.717, 1.165) is 11.4 Å². The topological polar surface area (TPSA) is 83.1 Å². The number of nitrogens with zero attached hydrogens (tertiary/aromatic N) is 4. The number of hydrogen-bond donors (Lipinski definition) is 0. The van der Waals surface area contributed by atoms with Gasteiger partial charge in [0.15, 0.2) is 5.78 Å². The Balaban J connectivity index is 1.28. The van der Waals surface area contributed by atoms with Crippen molar-refractivity contribution in [3.63, 3.8) is 0 Å². The lowest BCUT2D eigenvalue weighted by Gasteiger charge is -2.34. The highest BCUT2D eigenvalue weighted by Gasteiger charge is 2.42. The van der Waals surface area contributed by atoms with Gasteiger partial charge in [0.1, 0.15) is 17.4 Å². The van der Waals surface area contributed by atoms with E-state index in [2.05, 4.69) is 9.88 Å². The summed E-state index contributed by atoms with van der Waals surface area (Å²) in [4.78, 5) is 48.3. The average Bonchev–Trinajstić information content (AvgIpc) is 3.44. The molecule has 0 radical (unpaired) electrons. The number of aromatic nitrogens is 1. The molecule has 2 aliphatic rings. The largest absolute Gasteiger partial charge is 0.415 e. The van der Waals surface area contributed by atoms with Gasteiger partial charge in [0.25, 0.3) is 0 Å². The molecule has 0 spiro atoms. The lowest BCUT2D eigenvalue weighted by Crippen LogP contribution is -2.45. The van der Waals surface area contributed by atoms with E-state index in [9.17, 15) is 18.8 Å². The number of likely N-dealkylation sites (N-methyl/N-ethyl adjacent to an activating group) is 1. The molecular formula is C31H31Cl2FN4O4. The number of carbonyl (C=O) groups excluding carboxylic acids is 3. The minimum atomic E-state index is -0.609. The maximum Gasteiger partial charge on any atom is 0.415 e. The second-order valence-corrected chi connectivity index (χ2v) is 11.6. The second kappa shape index (κ2) is 12.7. The van der Waals surface area contributed by atoms with E-state index in [1.807, 2.05) is 17.0 Å². The van der Waals surface area contributed by atoms with Crippen LogP contribution in [0.4, 0.5) is 15.0 Å². The first-order chi connectivity index (χ1) is 20.1. The van der Waals surface area contributed by atoms with Crippen LogP contribution in [-0.4, -0.2) is 71.8 Å². The molecule has 2 saturated heterocycles. The van der Waals surface area contributed by atoms with Gasteiger partial charge in [0.05, 0.1) is 16.1 Å². The molecule has 8 nitrogen and oxygen atoms in total. The number of likely N-dealkylation sites (tertiary alicyclic amines) is 1. The average molecular weight is 614 g/mol. The van der Waals surface area contributed by atoms with Crippen LogP contribution in [0, 0.1) is 11.7 Å². The third kappa shape index (κ3) is 6.52. The lowest BCUT2D eigenvalue weighted by atomic mass is 9.93. The van der Waals surface area contributed by atoms with Crippen molar-refractivity contribution in [1.29, 1.82) is 0 Å². The quantitative estimate of drug-likeness (QED) is 0.314. The highest BCUT2D eigenvalue weighted by atomic mass is 35.5. The summed E-state index contributed by atoms with van der Waals surface area (Å²) in [6.07, 6.45) is 2.30. The summed E-state index contributed by atoms with van der Waals surface area (Å²) in [5.74, 6) is 0.204. The number of pyridine rings is 1. The molecule has 0 N–H and O–H groups in total. The van der Waals surface area contributed by atoms with Crippen molar-refractivity contribution in [2.45, 2.75) is 31.7 Å². The zero-order valence-electron chi connectivity index (χ0n) is 23.3. The molecule has 2 fully saturated rings. The standard InChI is InChI=1S/C31H31Cl2FN4O4/c1-19(39)22-4-10-29(35-16-22)37-13-11-20(12-14-37)30(40)38-17-25(21-3-9-26(32)27(33)15-21)28(18-38)36(2)31(41)42-24-7-5-23(34)6-8-24/h3-10,15-16,20,25,28H,11-14,17-18H2,1-2H3/t25-,28+/m0/s1. The summed E-state index contributed by atoms with van der Waals surface area (Å²) in [6.45, 7) is 3.58. The molecule has 2 aromatic carbocycles. The highest BCUT2D eigenvalue weighted by molar-refractivity contribution is 6.42. The van der Waals surface area contributed by atoms with Gasteiger partial charge in [-0.05, 0) is 73.9 Å². The van der Waals surface area contributed by atoms with Gasteiger partial charge < -0.3 is 19.4 Å². The maximum absolute atomic E-state index is 13.8. The molecule has 0 saturated carbocycles. The number of rotatable bonds is 6. The van der Waals surface area contributed by atoms with E-state index in [1.54, 1.807) is 31.4 Å². The highest BCUT2D eigenvalue weighted by Crippen LogP contribution is 2.36. The summed E-state index contributed by atoms with van der Waals surface area (Å²) in [5, 5.41) is 0.815. The van der Waals surface area contributed by atoms with Gasteiger partial charge in [-0.1, -0.05) is 29.3 Å². The minimum absolute atomic E-state index is 0.0317. The number of halogens is 3. The van der Waals surface area contributed by atoms with E-state index in [1.165, 1.54) is 36.1 Å². The summed E-state index contributed by atoms with van der Waals surface area (Å²) < 4.78 is 18.8. The Hall–Kier alpha value is -3.69. The molecule has 220 valence electrons. The smallest absolute Gasteiger partial charge is 0.410 e. The number of ketones is 1. The summed E-state index contributed by atoms with van der Waals surface area (Å²) >= 11 is 12.5. The number of Topliss-reactive ketones (excluding diaryl/α,β-unsaturated/α-hetero) is 1. The Morgan fingerprint density at radius 3 is 2.31 bits per heavy atom. The van der Waals surface area contributed by atoms with Crippen LogP contribution in [0.15, 0.2) is 60.8 Å². The SMILES string of the molecule is CC(=O)c1ccc(N2CCC(C(=O)N3C[C@@H](N(C)C(=O)Oc4ccc(F)cc4)[C@H](c4ccc(Cl)c(Cl)c4)C3)CC2)nc1. The molecule has 2 amide bonds. The third-order valence-electron chi connectivity index (χ3n) is 8.10. The predicted octanol–water partition coefficient (Wildman–Crippen LogP) is 6.07. The summed E-state index contributed by atoms with van der Waals surface area (Å²) in [7, 11) is 1.64. The van der Waals surface area contributed by atoms with Crippen LogP contribution in [0.2, 0.25) is 10.0 Å². The Morgan fingerprint density at radius 1 is 0.976 bits per heavy atom. The Morgan fingerprint density at radius 2 is 1.69 bits per heavy atom. The van der Waals surface area contributed by atoms with Crippen LogP contribution < -0.4 is 9.64 Å². The molecule has 0 aliphatic carbocycles. The molecular weight excluding hydrogens is 582 g/mol. The molecule has 1 aromatic heterocycles. The Bertz CT molecular complexity index is 1460. The van der Waals surface area contributed by atoms with E-state index >= 15 is 0 Å². The monoisotopic (exact) mass is 612 g/mol. The molecule has 0 bridgehead atoms. The first-order valence-electron chi connectivity index (χ1n) is 13.8. The van der Waals surface area contributed by atoms with Crippen molar-refractivity contribution < 1.29 is 23.5 Å². The first-order valence-corrected chi connectivity index (χ1v) is 14.5. The van der Waals surface area contributed by atoms with Crippen LogP contribution in [0.25, 0.3) is 0 Å². The lowest BCUT2D eigenvalue weighted by molar-refractivity contribution is -0.135. The van der Waals surface area contributed by atoms with Crippen molar-refractivity contribution in [3.05, 3.63) is 87.8 Å². The second-order valence-electron chi connectivity index (χ2n) is 10.7. The molecule has 0 unspecified atom stereocenters. The molecule has 11 heteroatoms. The van der Waals surface area contributed by atoms with Gasteiger partial charge in [-0.25, -0.2) is 14.2 Å². The Labute approximate surface area is 254 Å². The van der Waals surface area contributed by atoms with Crippen molar-refractivity contribution >= 4 is 46.8 Å². The van der Waals surface area contributed by atoms with Crippen molar-refractivity contribution in [3.8, 4) is 5.75 Å². The van der Waals surface area contributed by atoms with Gasteiger partial charge in [0, 0.05) is 56.8 Å². The minimum Gasteiger partial charge on any atom is -0.410 e. The first kappa shape index (κ1) is 29.8. The number of hydrogen-bond acceptors (Lipinski definition) is 6. The summed E-state index contributed by atoms with van der Waals surface area (Å²) in [5.41, 5.74) is 1.43. The summed E-state index contributed by atoms with van der Waals surface area (Å²) in [6, 6.07) is 13.8. The molecule has 3 heterocycles. The number of amides is 2. The number of anilines is 1. The molecule has 2 aliphatic heterocycles. The van der Waals surface area contributed by atoms with Crippen LogP contribution in [0.1, 0.15) is 41.6 Å². The van der Waals surface area contributed by atoms with E-state index in [-0.39, 0.29) is 35.3 Å².